The van der Waals surface area contributed by atoms with Gasteiger partial charge in [0.15, 0.2) is 5.75 Å². The highest BCUT2D eigenvalue weighted by Crippen LogP contribution is 2.32. The van der Waals surface area contributed by atoms with E-state index in [4.69, 9.17) is 0 Å². The third-order valence-electron chi connectivity index (χ3n) is 1.85. The van der Waals surface area contributed by atoms with Gasteiger partial charge in [-0.3, -0.25) is 4.79 Å². The molecule has 0 heterocycles. The smallest absolute Gasteiger partial charge is 0.404 e. The molecule has 1 aromatic rings. The van der Waals surface area contributed by atoms with Crippen LogP contribution in [0.2, 0.25) is 0 Å². The van der Waals surface area contributed by atoms with Crippen molar-refractivity contribution in [3.05, 3.63) is 34.3 Å². The number of alkyl halides is 3. The Hall–Kier alpha value is -1.50. The molecule has 0 aliphatic heterocycles. The lowest BCUT2D eigenvalue weighted by Gasteiger charge is -2.13. The lowest BCUT2D eigenvalue weighted by molar-refractivity contribution is -0.274. The zero-order valence-corrected chi connectivity index (χ0v) is 11.7. The SMILES string of the molecule is CC(C)=CC(=O)Nc1ccc(Br)cc1OC(F)(F)F. The average molecular weight is 338 g/mol. The molecule has 0 bridgehead atoms. The van der Waals surface area contributed by atoms with Crippen LogP contribution in [0.1, 0.15) is 13.8 Å². The molecule has 0 aliphatic rings. The van der Waals surface area contributed by atoms with Crippen LogP contribution in [0.4, 0.5) is 18.9 Å². The summed E-state index contributed by atoms with van der Waals surface area (Å²) in [5, 5.41) is 2.33. The normalized spacial score (nSPS) is 10.8. The number of rotatable bonds is 3. The van der Waals surface area contributed by atoms with Gasteiger partial charge in [0.05, 0.1) is 5.69 Å². The third kappa shape index (κ3) is 5.78. The predicted molar refractivity (Wildman–Crippen MR) is 68.9 cm³/mol. The van der Waals surface area contributed by atoms with Crippen molar-refractivity contribution in [3.63, 3.8) is 0 Å². The van der Waals surface area contributed by atoms with Gasteiger partial charge >= 0.3 is 6.36 Å². The molecule has 0 saturated heterocycles. The van der Waals surface area contributed by atoms with Crippen molar-refractivity contribution in [1.82, 2.24) is 0 Å². The maximum atomic E-state index is 12.2. The zero-order valence-electron chi connectivity index (χ0n) is 10.1. The van der Waals surface area contributed by atoms with Crippen LogP contribution in [-0.2, 0) is 4.79 Å². The minimum absolute atomic E-state index is 0.0528. The van der Waals surface area contributed by atoms with Gasteiger partial charge in [-0.2, -0.15) is 0 Å². The summed E-state index contributed by atoms with van der Waals surface area (Å²) >= 11 is 3.04. The molecule has 0 spiro atoms. The summed E-state index contributed by atoms with van der Waals surface area (Å²) in [6.45, 7) is 3.41. The fraction of sp³-hybridized carbons (Fsp3) is 0.250. The second-order valence-electron chi connectivity index (χ2n) is 3.90. The number of benzene rings is 1. The van der Waals surface area contributed by atoms with Crippen LogP contribution < -0.4 is 10.1 Å². The highest BCUT2D eigenvalue weighted by atomic mass is 79.9. The number of halogens is 4. The molecule has 1 rings (SSSR count). The summed E-state index contributed by atoms with van der Waals surface area (Å²) in [5.74, 6) is -0.994. The minimum Gasteiger partial charge on any atom is -0.404 e. The highest BCUT2D eigenvalue weighted by Gasteiger charge is 2.32. The van der Waals surface area contributed by atoms with Gasteiger partial charge in [-0.05, 0) is 32.0 Å². The molecule has 1 amide bonds. The average Bonchev–Trinajstić information content (AvgIpc) is 2.18. The largest absolute Gasteiger partial charge is 0.573 e. The molecule has 0 saturated carbocycles. The molecule has 0 radical (unpaired) electrons. The maximum absolute atomic E-state index is 12.2. The molecule has 0 aliphatic carbocycles. The van der Waals surface area contributed by atoms with Crippen LogP contribution in [0.5, 0.6) is 5.75 Å². The monoisotopic (exact) mass is 337 g/mol. The van der Waals surface area contributed by atoms with Crippen LogP contribution in [0.15, 0.2) is 34.3 Å². The molecule has 104 valence electrons. The molecule has 0 fully saturated rings. The number of hydrogen-bond acceptors (Lipinski definition) is 2. The summed E-state index contributed by atoms with van der Waals surface area (Å²) in [5.41, 5.74) is 0.677. The third-order valence-corrected chi connectivity index (χ3v) is 2.34. The number of carbonyl (C=O) groups is 1. The van der Waals surface area contributed by atoms with E-state index in [1.165, 1.54) is 18.2 Å². The van der Waals surface area contributed by atoms with Gasteiger partial charge < -0.3 is 10.1 Å². The quantitative estimate of drug-likeness (QED) is 0.837. The second kappa shape index (κ2) is 6.10. The highest BCUT2D eigenvalue weighted by molar-refractivity contribution is 9.10. The van der Waals surface area contributed by atoms with Gasteiger partial charge in [-0.1, -0.05) is 21.5 Å². The maximum Gasteiger partial charge on any atom is 0.573 e. The van der Waals surface area contributed by atoms with Crippen molar-refractivity contribution in [2.24, 2.45) is 0 Å². The number of carbonyl (C=O) groups excluding carboxylic acids is 1. The number of allylic oxidation sites excluding steroid dienone is 1. The van der Waals surface area contributed by atoms with E-state index < -0.39 is 18.0 Å². The second-order valence-corrected chi connectivity index (χ2v) is 4.81. The Bertz CT molecular complexity index is 508. The lowest BCUT2D eigenvalue weighted by Crippen LogP contribution is -2.19. The van der Waals surface area contributed by atoms with E-state index in [1.54, 1.807) is 13.8 Å². The Morgan fingerprint density at radius 1 is 1.37 bits per heavy atom. The summed E-state index contributed by atoms with van der Waals surface area (Å²) in [7, 11) is 0. The van der Waals surface area contributed by atoms with Crippen molar-refractivity contribution in [2.75, 3.05) is 5.32 Å². The predicted octanol–water partition coefficient (Wildman–Crippen LogP) is 4.25. The Balaban J connectivity index is 3.00. The Labute approximate surface area is 116 Å². The van der Waals surface area contributed by atoms with Gasteiger partial charge in [-0.25, -0.2) is 0 Å². The van der Waals surface area contributed by atoms with Crippen molar-refractivity contribution in [3.8, 4) is 5.75 Å². The van der Waals surface area contributed by atoms with E-state index in [2.05, 4.69) is 26.0 Å². The van der Waals surface area contributed by atoms with Crippen LogP contribution >= 0.6 is 15.9 Å². The minimum atomic E-state index is -4.82. The van der Waals surface area contributed by atoms with Crippen molar-refractivity contribution < 1.29 is 22.7 Å². The molecular formula is C12H11BrF3NO2. The van der Waals surface area contributed by atoms with Crippen LogP contribution in [0.3, 0.4) is 0 Å². The van der Waals surface area contributed by atoms with E-state index in [1.807, 2.05) is 0 Å². The first-order valence-corrected chi connectivity index (χ1v) is 5.98. The summed E-state index contributed by atoms with van der Waals surface area (Å²) in [6.07, 6.45) is -3.55. The summed E-state index contributed by atoms with van der Waals surface area (Å²) < 4.78 is 41.0. The topological polar surface area (TPSA) is 38.3 Å². The van der Waals surface area contributed by atoms with E-state index in [0.29, 0.717) is 4.47 Å². The molecule has 0 unspecified atom stereocenters. The van der Waals surface area contributed by atoms with E-state index in [-0.39, 0.29) is 5.69 Å². The number of ether oxygens (including phenoxy) is 1. The number of amides is 1. The van der Waals surface area contributed by atoms with E-state index in [0.717, 1.165) is 11.6 Å². The zero-order chi connectivity index (χ0) is 14.6. The van der Waals surface area contributed by atoms with E-state index >= 15 is 0 Å². The Morgan fingerprint density at radius 3 is 2.53 bits per heavy atom. The molecule has 1 N–H and O–H groups in total. The lowest BCUT2D eigenvalue weighted by atomic mass is 10.2. The fourth-order valence-electron chi connectivity index (χ4n) is 1.24. The standard InChI is InChI=1S/C12H11BrF3NO2/c1-7(2)5-11(18)17-9-4-3-8(13)6-10(9)19-12(14,15)16/h3-6H,1-2H3,(H,17,18). The van der Waals surface area contributed by atoms with Gasteiger partial charge in [0, 0.05) is 10.5 Å². The number of nitrogens with one attached hydrogen (secondary N) is 1. The fourth-order valence-corrected chi connectivity index (χ4v) is 1.58. The Morgan fingerprint density at radius 2 is 2.00 bits per heavy atom. The summed E-state index contributed by atoms with van der Waals surface area (Å²) in [4.78, 5) is 11.5. The molecule has 7 heteroatoms. The first-order valence-electron chi connectivity index (χ1n) is 5.18. The Kier molecular flexibility index (Phi) is 4.99. The molecule has 1 aromatic carbocycles. The van der Waals surface area contributed by atoms with Crippen molar-refractivity contribution >= 4 is 27.5 Å². The number of hydrogen-bond donors (Lipinski definition) is 1. The molecule has 0 atom stereocenters. The van der Waals surface area contributed by atoms with Crippen LogP contribution in [-0.4, -0.2) is 12.3 Å². The van der Waals surface area contributed by atoms with E-state index in [9.17, 15) is 18.0 Å². The van der Waals surface area contributed by atoms with Crippen LogP contribution in [0, 0.1) is 0 Å². The first kappa shape index (κ1) is 15.6. The molecule has 3 nitrogen and oxygen atoms in total. The molecular weight excluding hydrogens is 327 g/mol. The van der Waals surface area contributed by atoms with Crippen molar-refractivity contribution in [2.45, 2.75) is 20.2 Å². The van der Waals surface area contributed by atoms with Crippen LogP contribution in [0.25, 0.3) is 0 Å². The van der Waals surface area contributed by atoms with Crippen molar-refractivity contribution in [1.29, 1.82) is 0 Å². The van der Waals surface area contributed by atoms with Gasteiger partial charge in [0.2, 0.25) is 5.91 Å². The first-order chi connectivity index (χ1) is 8.67. The molecule has 0 aromatic heterocycles. The van der Waals surface area contributed by atoms with Gasteiger partial charge in [0.25, 0.3) is 0 Å². The molecule has 19 heavy (non-hydrogen) atoms. The van der Waals surface area contributed by atoms with Gasteiger partial charge in [-0.15, -0.1) is 13.2 Å². The van der Waals surface area contributed by atoms with Gasteiger partial charge in [0.1, 0.15) is 0 Å². The number of anilines is 1. The summed E-state index contributed by atoms with van der Waals surface area (Å²) in [6, 6.07) is 3.95.